The molecule has 0 N–H and O–H groups in total. The summed E-state index contributed by atoms with van der Waals surface area (Å²) in [5.41, 5.74) is 0. The molecule has 66 valence electrons. The molecular weight excluding hydrogens is 192 g/mol. The lowest BCUT2D eigenvalue weighted by Crippen LogP contribution is -1.99. The van der Waals surface area contributed by atoms with Crippen molar-refractivity contribution in [1.82, 2.24) is 9.97 Å². The minimum atomic E-state index is 0.514. The van der Waals surface area contributed by atoms with Crippen LogP contribution in [0.3, 0.4) is 0 Å². The summed E-state index contributed by atoms with van der Waals surface area (Å²) in [6, 6.07) is 1.81. The Kier molecular flexibility index (Phi) is 4.40. The minimum Gasteiger partial charge on any atom is -0.231 e. The van der Waals surface area contributed by atoms with E-state index in [0.717, 1.165) is 10.9 Å². The van der Waals surface area contributed by atoms with Gasteiger partial charge in [-0.15, -0.1) is 11.6 Å². The average Bonchev–Trinajstić information content (AvgIpc) is 2.16. The predicted molar refractivity (Wildman–Crippen MR) is 52.6 cm³/mol. The zero-order valence-corrected chi connectivity index (χ0v) is 8.48. The van der Waals surface area contributed by atoms with Crippen LogP contribution in [0.5, 0.6) is 0 Å². The van der Waals surface area contributed by atoms with Crippen LogP contribution in [0, 0.1) is 5.92 Å². The molecule has 1 aromatic heterocycles. The van der Waals surface area contributed by atoms with E-state index in [1.807, 2.05) is 6.07 Å². The summed E-state index contributed by atoms with van der Waals surface area (Å²) in [5, 5.41) is 0.828. The van der Waals surface area contributed by atoms with Crippen LogP contribution in [0.15, 0.2) is 23.6 Å². The van der Waals surface area contributed by atoms with Gasteiger partial charge in [0.25, 0.3) is 0 Å². The Morgan fingerprint density at radius 3 is 2.75 bits per heavy atom. The van der Waals surface area contributed by atoms with Gasteiger partial charge in [0, 0.05) is 24.0 Å². The van der Waals surface area contributed by atoms with Crippen molar-refractivity contribution in [2.24, 2.45) is 5.92 Å². The van der Waals surface area contributed by atoms with Crippen LogP contribution in [-0.2, 0) is 0 Å². The van der Waals surface area contributed by atoms with Crippen LogP contribution < -0.4 is 0 Å². The molecule has 12 heavy (non-hydrogen) atoms. The summed E-state index contributed by atoms with van der Waals surface area (Å²) in [4.78, 5) is 8.19. The summed E-state index contributed by atoms with van der Waals surface area (Å²) in [6.45, 7) is 2.11. The molecule has 0 aromatic carbocycles. The average molecular weight is 203 g/mol. The first-order valence-electron chi connectivity index (χ1n) is 3.78. The molecule has 1 heterocycles. The third-order valence-electron chi connectivity index (χ3n) is 1.30. The highest BCUT2D eigenvalue weighted by Gasteiger charge is 2.01. The van der Waals surface area contributed by atoms with E-state index in [4.69, 9.17) is 11.6 Å². The second-order valence-electron chi connectivity index (χ2n) is 2.60. The molecule has 1 aromatic rings. The van der Waals surface area contributed by atoms with Gasteiger partial charge in [0.1, 0.15) is 0 Å². The number of hydrogen-bond donors (Lipinski definition) is 0. The van der Waals surface area contributed by atoms with Gasteiger partial charge in [-0.3, -0.25) is 0 Å². The van der Waals surface area contributed by atoms with E-state index in [1.165, 1.54) is 0 Å². The van der Waals surface area contributed by atoms with Crippen LogP contribution in [0.4, 0.5) is 0 Å². The van der Waals surface area contributed by atoms with Gasteiger partial charge >= 0.3 is 0 Å². The van der Waals surface area contributed by atoms with Crippen molar-refractivity contribution in [3.8, 4) is 0 Å². The van der Waals surface area contributed by atoms with E-state index in [0.29, 0.717) is 11.8 Å². The van der Waals surface area contributed by atoms with Gasteiger partial charge in [-0.1, -0.05) is 18.7 Å². The molecule has 4 heteroatoms. The molecule has 0 bridgehead atoms. The molecule has 0 aliphatic carbocycles. The Morgan fingerprint density at radius 2 is 2.17 bits per heavy atom. The number of hydrogen-bond acceptors (Lipinski definition) is 3. The number of nitrogens with zero attached hydrogens (tertiary/aromatic N) is 2. The lowest BCUT2D eigenvalue weighted by Gasteiger charge is -2.04. The van der Waals surface area contributed by atoms with Crippen molar-refractivity contribution in [3.05, 3.63) is 18.5 Å². The van der Waals surface area contributed by atoms with Gasteiger partial charge in [-0.2, -0.15) is 0 Å². The van der Waals surface area contributed by atoms with E-state index in [-0.39, 0.29) is 0 Å². The van der Waals surface area contributed by atoms with E-state index in [1.54, 1.807) is 24.2 Å². The van der Waals surface area contributed by atoms with Gasteiger partial charge in [0.15, 0.2) is 5.16 Å². The third kappa shape index (κ3) is 3.41. The molecule has 1 unspecified atom stereocenters. The van der Waals surface area contributed by atoms with E-state index in [9.17, 15) is 0 Å². The van der Waals surface area contributed by atoms with Crippen LogP contribution in [0.2, 0.25) is 0 Å². The second-order valence-corrected chi connectivity index (χ2v) is 3.90. The summed E-state index contributed by atoms with van der Waals surface area (Å²) in [7, 11) is 0. The second kappa shape index (κ2) is 5.38. The highest BCUT2D eigenvalue weighted by molar-refractivity contribution is 7.99. The lowest BCUT2D eigenvalue weighted by molar-refractivity contribution is 0.756. The number of rotatable bonds is 4. The lowest BCUT2D eigenvalue weighted by atomic mass is 10.3. The minimum absolute atomic E-state index is 0.514. The maximum atomic E-state index is 5.66. The summed E-state index contributed by atoms with van der Waals surface area (Å²) < 4.78 is 0. The van der Waals surface area contributed by atoms with Gasteiger partial charge in [0.05, 0.1) is 0 Å². The molecule has 0 radical (unpaired) electrons. The fraction of sp³-hybridized carbons (Fsp3) is 0.500. The van der Waals surface area contributed by atoms with Crippen molar-refractivity contribution in [2.45, 2.75) is 12.1 Å². The zero-order chi connectivity index (χ0) is 8.81. The molecule has 0 fully saturated rings. The van der Waals surface area contributed by atoms with Gasteiger partial charge in [-0.05, 0) is 12.0 Å². The van der Waals surface area contributed by atoms with Crippen LogP contribution in [0.1, 0.15) is 6.92 Å². The van der Waals surface area contributed by atoms with Crippen LogP contribution >= 0.6 is 23.4 Å². The summed E-state index contributed by atoms with van der Waals surface area (Å²) in [6.07, 6.45) is 3.50. The molecule has 1 atom stereocenters. The van der Waals surface area contributed by atoms with Gasteiger partial charge in [-0.25, -0.2) is 9.97 Å². The Balaban J connectivity index is 2.33. The normalized spacial score (nSPS) is 12.8. The fourth-order valence-electron chi connectivity index (χ4n) is 0.621. The van der Waals surface area contributed by atoms with Gasteiger partial charge < -0.3 is 0 Å². The first-order valence-corrected chi connectivity index (χ1v) is 5.30. The topological polar surface area (TPSA) is 25.8 Å². The summed E-state index contributed by atoms with van der Waals surface area (Å²) >= 11 is 7.31. The fourth-order valence-corrected chi connectivity index (χ4v) is 1.68. The van der Waals surface area contributed by atoms with Crippen molar-refractivity contribution in [2.75, 3.05) is 11.6 Å². The quantitative estimate of drug-likeness (QED) is 0.426. The molecule has 1 rings (SSSR count). The molecule has 2 nitrogen and oxygen atoms in total. The smallest absolute Gasteiger partial charge is 0.187 e. The molecule has 0 amide bonds. The Labute approximate surface area is 81.8 Å². The Hall–Kier alpha value is -0.280. The van der Waals surface area contributed by atoms with Crippen LogP contribution in [-0.4, -0.2) is 21.6 Å². The summed E-state index contributed by atoms with van der Waals surface area (Å²) in [5.74, 6) is 2.19. The third-order valence-corrected chi connectivity index (χ3v) is 3.03. The maximum Gasteiger partial charge on any atom is 0.187 e. The molecule has 0 spiro atoms. The Bertz CT molecular complexity index is 218. The van der Waals surface area contributed by atoms with E-state index < -0.39 is 0 Å². The van der Waals surface area contributed by atoms with Crippen molar-refractivity contribution in [3.63, 3.8) is 0 Å². The first kappa shape index (κ1) is 9.81. The molecule has 0 aliphatic heterocycles. The van der Waals surface area contributed by atoms with Crippen molar-refractivity contribution in [1.29, 1.82) is 0 Å². The monoisotopic (exact) mass is 202 g/mol. The van der Waals surface area contributed by atoms with Crippen LogP contribution in [0.25, 0.3) is 0 Å². The van der Waals surface area contributed by atoms with E-state index in [2.05, 4.69) is 16.9 Å². The van der Waals surface area contributed by atoms with Gasteiger partial charge in [0.2, 0.25) is 0 Å². The number of halogens is 1. The first-order chi connectivity index (χ1) is 5.83. The number of thioether (sulfide) groups is 1. The predicted octanol–water partition coefficient (Wildman–Crippen LogP) is 2.44. The highest BCUT2D eigenvalue weighted by Crippen LogP contribution is 2.15. The molecule has 0 saturated heterocycles. The van der Waals surface area contributed by atoms with Crippen molar-refractivity contribution < 1.29 is 0 Å². The van der Waals surface area contributed by atoms with E-state index >= 15 is 0 Å². The number of aromatic nitrogens is 2. The largest absolute Gasteiger partial charge is 0.231 e. The molecular formula is C8H11ClN2S. The highest BCUT2D eigenvalue weighted by atomic mass is 35.5. The Morgan fingerprint density at radius 1 is 1.50 bits per heavy atom. The SMILES string of the molecule is CC(CCl)CSc1ncccn1. The standard InChI is InChI=1S/C8H11ClN2S/c1-7(5-9)6-12-8-10-3-2-4-11-8/h2-4,7H,5-6H2,1H3. The molecule has 0 saturated carbocycles. The zero-order valence-electron chi connectivity index (χ0n) is 6.90. The number of alkyl halides is 1. The molecule has 0 aliphatic rings. The maximum absolute atomic E-state index is 5.66. The van der Waals surface area contributed by atoms with Crippen molar-refractivity contribution >= 4 is 23.4 Å².